The van der Waals surface area contributed by atoms with Crippen LogP contribution in [0.3, 0.4) is 0 Å². The van der Waals surface area contributed by atoms with Crippen LogP contribution in [0.4, 0.5) is 5.69 Å². The van der Waals surface area contributed by atoms with Crippen molar-refractivity contribution in [3.8, 4) is 11.5 Å². The summed E-state index contributed by atoms with van der Waals surface area (Å²) in [7, 11) is 0. The number of ether oxygens (including phenoxy) is 1. The van der Waals surface area contributed by atoms with Gasteiger partial charge in [-0.2, -0.15) is 0 Å². The maximum atomic E-state index is 5.96. The number of furan rings is 1. The Bertz CT molecular complexity index is 859. The highest BCUT2D eigenvalue weighted by atomic mass is 35.5. The van der Waals surface area contributed by atoms with Crippen molar-refractivity contribution in [2.75, 3.05) is 6.61 Å². The molecule has 2 aromatic heterocycles. The van der Waals surface area contributed by atoms with Crippen LogP contribution in [-0.2, 0) is 11.3 Å². The van der Waals surface area contributed by atoms with Crippen LogP contribution in [0, 0.1) is 0 Å². The lowest BCUT2D eigenvalue weighted by atomic mass is 10.2. The van der Waals surface area contributed by atoms with Crippen molar-refractivity contribution in [1.82, 2.24) is 4.57 Å². The summed E-state index contributed by atoms with van der Waals surface area (Å²) in [5, 5.41) is 2.80. The zero-order valence-electron chi connectivity index (χ0n) is 13.0. The average molecular weight is 361 g/mol. The number of nitrogens with zero attached hydrogens (tertiary/aromatic N) is 2. The fourth-order valence-electron chi connectivity index (χ4n) is 2.84. The van der Waals surface area contributed by atoms with Crippen molar-refractivity contribution in [3.05, 3.63) is 57.9 Å². The van der Waals surface area contributed by atoms with Crippen molar-refractivity contribution in [2.24, 2.45) is 4.99 Å². The minimum atomic E-state index is 0.234. The summed E-state index contributed by atoms with van der Waals surface area (Å²) < 4.78 is 13.6. The van der Waals surface area contributed by atoms with Gasteiger partial charge in [0.15, 0.2) is 10.6 Å². The van der Waals surface area contributed by atoms with E-state index in [1.165, 1.54) is 0 Å². The van der Waals surface area contributed by atoms with Gasteiger partial charge < -0.3 is 13.7 Å². The van der Waals surface area contributed by atoms with Gasteiger partial charge in [0, 0.05) is 17.0 Å². The van der Waals surface area contributed by atoms with Crippen LogP contribution in [0.5, 0.6) is 0 Å². The number of halogens is 1. The van der Waals surface area contributed by atoms with Gasteiger partial charge in [0.1, 0.15) is 0 Å². The third kappa shape index (κ3) is 3.34. The van der Waals surface area contributed by atoms with Crippen LogP contribution in [0.15, 0.2) is 57.5 Å². The van der Waals surface area contributed by atoms with Gasteiger partial charge in [0.25, 0.3) is 0 Å². The van der Waals surface area contributed by atoms with Crippen molar-refractivity contribution >= 4 is 28.6 Å². The van der Waals surface area contributed by atoms with E-state index in [-0.39, 0.29) is 6.10 Å². The first-order valence-electron chi connectivity index (χ1n) is 7.94. The van der Waals surface area contributed by atoms with Crippen LogP contribution in [0.25, 0.3) is 11.5 Å². The molecule has 3 heterocycles. The molecule has 0 saturated carbocycles. The van der Waals surface area contributed by atoms with Gasteiger partial charge in [-0.05, 0) is 49.2 Å². The molecule has 124 valence electrons. The fraction of sp³-hybridized carbons (Fsp3) is 0.278. The molecule has 1 unspecified atom stereocenters. The van der Waals surface area contributed by atoms with Gasteiger partial charge in [-0.1, -0.05) is 11.6 Å². The molecule has 0 amide bonds. The third-order valence-electron chi connectivity index (χ3n) is 4.03. The molecule has 1 atom stereocenters. The second kappa shape index (κ2) is 6.97. The second-order valence-electron chi connectivity index (χ2n) is 5.71. The average Bonchev–Trinajstić information content (AvgIpc) is 3.33. The molecule has 1 fully saturated rings. The van der Waals surface area contributed by atoms with Crippen LogP contribution in [-0.4, -0.2) is 17.3 Å². The first kappa shape index (κ1) is 15.7. The summed E-state index contributed by atoms with van der Waals surface area (Å²) in [6.45, 7) is 1.63. The minimum Gasteiger partial charge on any atom is -0.463 e. The fourth-order valence-corrected chi connectivity index (χ4v) is 3.88. The number of hydrogen-bond donors (Lipinski definition) is 0. The largest absolute Gasteiger partial charge is 0.463 e. The highest BCUT2D eigenvalue weighted by molar-refractivity contribution is 7.07. The Labute approximate surface area is 149 Å². The van der Waals surface area contributed by atoms with E-state index in [2.05, 4.69) is 9.95 Å². The van der Waals surface area contributed by atoms with Crippen LogP contribution in [0.2, 0.25) is 5.02 Å². The molecule has 6 heteroatoms. The molecule has 24 heavy (non-hydrogen) atoms. The van der Waals surface area contributed by atoms with Gasteiger partial charge in [0.05, 0.1) is 30.3 Å². The monoisotopic (exact) mass is 360 g/mol. The third-order valence-corrected chi connectivity index (χ3v) is 5.15. The Morgan fingerprint density at radius 3 is 2.83 bits per heavy atom. The van der Waals surface area contributed by atoms with E-state index < -0.39 is 0 Å². The van der Waals surface area contributed by atoms with Crippen molar-refractivity contribution in [3.63, 3.8) is 0 Å². The number of aromatic nitrogens is 1. The highest BCUT2D eigenvalue weighted by Gasteiger charge is 2.19. The summed E-state index contributed by atoms with van der Waals surface area (Å²) in [6.07, 6.45) is 4.13. The molecule has 4 nitrogen and oxygen atoms in total. The SMILES string of the molecule is Clc1ccc(N=c2scc(-c3ccco3)n2CC2CCCO2)cc1. The lowest BCUT2D eigenvalue weighted by Gasteiger charge is -2.12. The number of benzene rings is 1. The molecule has 0 bridgehead atoms. The van der Waals surface area contributed by atoms with Crippen LogP contribution in [0.1, 0.15) is 12.8 Å². The maximum absolute atomic E-state index is 5.96. The van der Waals surface area contributed by atoms with Gasteiger partial charge in [-0.3, -0.25) is 0 Å². The quantitative estimate of drug-likeness (QED) is 0.665. The van der Waals surface area contributed by atoms with E-state index in [9.17, 15) is 0 Å². The number of rotatable bonds is 4. The number of thiazole rings is 1. The van der Waals surface area contributed by atoms with Crippen LogP contribution >= 0.6 is 22.9 Å². The van der Waals surface area contributed by atoms with E-state index in [0.29, 0.717) is 5.02 Å². The van der Waals surface area contributed by atoms with E-state index >= 15 is 0 Å². The van der Waals surface area contributed by atoms with Crippen molar-refractivity contribution in [2.45, 2.75) is 25.5 Å². The minimum absolute atomic E-state index is 0.234. The molecular formula is C18H17ClN2O2S. The van der Waals surface area contributed by atoms with Gasteiger partial charge in [-0.25, -0.2) is 4.99 Å². The second-order valence-corrected chi connectivity index (χ2v) is 6.99. The Morgan fingerprint density at radius 2 is 2.12 bits per heavy atom. The zero-order valence-corrected chi connectivity index (χ0v) is 14.6. The molecule has 1 aliphatic heterocycles. The Morgan fingerprint density at radius 1 is 1.25 bits per heavy atom. The molecule has 0 spiro atoms. The maximum Gasteiger partial charge on any atom is 0.190 e. The Kier molecular flexibility index (Phi) is 4.56. The first-order valence-corrected chi connectivity index (χ1v) is 9.19. The lowest BCUT2D eigenvalue weighted by molar-refractivity contribution is 0.0967. The van der Waals surface area contributed by atoms with E-state index in [1.807, 2.05) is 36.4 Å². The Balaban J connectivity index is 1.76. The smallest absolute Gasteiger partial charge is 0.190 e. The predicted octanol–water partition coefficient (Wildman–Crippen LogP) is 4.87. The van der Waals surface area contributed by atoms with E-state index in [1.54, 1.807) is 17.6 Å². The molecule has 0 N–H and O–H groups in total. The molecule has 1 saturated heterocycles. The molecule has 3 aromatic rings. The van der Waals surface area contributed by atoms with Crippen molar-refractivity contribution < 1.29 is 9.15 Å². The first-order chi connectivity index (χ1) is 11.8. The van der Waals surface area contributed by atoms with Gasteiger partial charge in [0.2, 0.25) is 0 Å². The van der Waals surface area contributed by atoms with Gasteiger partial charge in [-0.15, -0.1) is 11.3 Å². The van der Waals surface area contributed by atoms with Gasteiger partial charge >= 0.3 is 0 Å². The number of hydrogen-bond acceptors (Lipinski definition) is 4. The molecule has 1 aromatic carbocycles. The Hall–Kier alpha value is -1.82. The van der Waals surface area contributed by atoms with E-state index in [0.717, 1.165) is 47.9 Å². The molecule has 0 aliphatic carbocycles. The summed E-state index contributed by atoms with van der Waals surface area (Å²) >= 11 is 7.56. The van der Waals surface area contributed by atoms with Crippen LogP contribution < -0.4 is 4.80 Å². The lowest BCUT2D eigenvalue weighted by Crippen LogP contribution is -2.23. The predicted molar refractivity (Wildman–Crippen MR) is 95.7 cm³/mol. The topological polar surface area (TPSA) is 39.7 Å². The normalized spacial score (nSPS) is 18.4. The van der Waals surface area contributed by atoms with E-state index in [4.69, 9.17) is 25.7 Å². The standard InChI is InChI=1S/C18H17ClN2O2S/c19-13-5-7-14(8-6-13)20-18-21(11-15-3-1-9-22-15)16(12-24-18)17-4-2-10-23-17/h2,4-8,10,12,15H,1,3,9,11H2. The molecular weight excluding hydrogens is 344 g/mol. The summed E-state index contributed by atoms with van der Waals surface area (Å²) in [5.41, 5.74) is 1.92. The highest BCUT2D eigenvalue weighted by Crippen LogP contribution is 2.24. The summed E-state index contributed by atoms with van der Waals surface area (Å²) in [6, 6.07) is 11.4. The zero-order chi connectivity index (χ0) is 16.4. The molecule has 0 radical (unpaired) electrons. The molecule has 4 rings (SSSR count). The summed E-state index contributed by atoms with van der Waals surface area (Å²) in [5.74, 6) is 0.849. The summed E-state index contributed by atoms with van der Waals surface area (Å²) in [4.78, 5) is 5.71. The van der Waals surface area contributed by atoms with Crippen molar-refractivity contribution in [1.29, 1.82) is 0 Å². The molecule has 1 aliphatic rings.